The maximum Gasteiger partial charge on any atom is 0.265 e. The Labute approximate surface area is 131 Å². The van der Waals surface area contributed by atoms with E-state index in [-0.39, 0.29) is 11.7 Å². The molecule has 1 aromatic carbocycles. The zero-order chi connectivity index (χ0) is 15.4. The van der Waals surface area contributed by atoms with Gasteiger partial charge in [0.25, 0.3) is 5.91 Å². The van der Waals surface area contributed by atoms with Crippen LogP contribution in [-0.2, 0) is 4.74 Å². The number of thiazole rings is 1. The molecule has 1 fully saturated rings. The Hall–Kier alpha value is -2.23. The number of hydrogen-bond donors (Lipinski definition) is 0. The third kappa shape index (κ3) is 3.50. The Bertz CT molecular complexity index is 725. The number of amides is 1. The molecule has 1 aliphatic heterocycles. The number of nitrogens with zero attached hydrogens (tertiary/aromatic N) is 2. The smallest absolute Gasteiger partial charge is 0.265 e. The van der Waals surface area contributed by atoms with Crippen molar-refractivity contribution in [2.45, 2.75) is 0 Å². The molecule has 0 N–H and O–H groups in total. The second kappa shape index (κ2) is 6.69. The summed E-state index contributed by atoms with van der Waals surface area (Å²) in [6.07, 6.45) is 1.55. The number of carbonyl (C=O) groups excluding carboxylic acids is 1. The van der Waals surface area contributed by atoms with Crippen molar-refractivity contribution in [1.29, 1.82) is 0 Å². The van der Waals surface area contributed by atoms with Crippen LogP contribution in [0.2, 0.25) is 0 Å². The van der Waals surface area contributed by atoms with Gasteiger partial charge in [0.05, 0.1) is 19.4 Å². The Morgan fingerprint density at radius 1 is 1.23 bits per heavy atom. The normalized spacial score (nSPS) is 14.3. The molecule has 1 aliphatic rings. The predicted molar refractivity (Wildman–Crippen MR) is 81.2 cm³/mol. The predicted octanol–water partition coefficient (Wildman–Crippen LogP) is 2.15. The number of benzene rings is 1. The molecule has 4 nitrogen and oxygen atoms in total. The minimum absolute atomic E-state index is 0.0318. The van der Waals surface area contributed by atoms with Gasteiger partial charge in [0, 0.05) is 18.7 Å². The van der Waals surface area contributed by atoms with Crippen molar-refractivity contribution in [2.24, 2.45) is 0 Å². The zero-order valence-corrected chi connectivity index (χ0v) is 12.5. The zero-order valence-electron chi connectivity index (χ0n) is 11.7. The highest BCUT2D eigenvalue weighted by molar-refractivity contribution is 7.14. The highest BCUT2D eigenvalue weighted by Crippen LogP contribution is 2.15. The fraction of sp³-hybridized carbons (Fsp3) is 0.250. The van der Waals surface area contributed by atoms with Crippen LogP contribution in [0.3, 0.4) is 0 Å². The lowest BCUT2D eigenvalue weighted by Crippen LogP contribution is -2.40. The van der Waals surface area contributed by atoms with Gasteiger partial charge >= 0.3 is 0 Å². The van der Waals surface area contributed by atoms with Crippen molar-refractivity contribution in [3.63, 3.8) is 0 Å². The quantitative estimate of drug-likeness (QED) is 0.757. The fourth-order valence-electron chi connectivity index (χ4n) is 2.01. The van der Waals surface area contributed by atoms with Gasteiger partial charge in [-0.2, -0.15) is 0 Å². The van der Waals surface area contributed by atoms with Crippen LogP contribution < -0.4 is 0 Å². The van der Waals surface area contributed by atoms with E-state index in [4.69, 9.17) is 4.74 Å². The summed E-state index contributed by atoms with van der Waals surface area (Å²) in [7, 11) is 0. The monoisotopic (exact) mass is 316 g/mol. The second-order valence-electron chi connectivity index (χ2n) is 4.69. The van der Waals surface area contributed by atoms with Crippen LogP contribution in [0.4, 0.5) is 4.39 Å². The average molecular weight is 316 g/mol. The molecule has 0 atom stereocenters. The summed E-state index contributed by atoms with van der Waals surface area (Å²) >= 11 is 1.27. The van der Waals surface area contributed by atoms with Crippen molar-refractivity contribution in [3.05, 3.63) is 51.7 Å². The van der Waals surface area contributed by atoms with Crippen LogP contribution in [0, 0.1) is 17.7 Å². The third-order valence-electron chi connectivity index (χ3n) is 3.17. The first-order valence-electron chi connectivity index (χ1n) is 6.83. The number of hydrogen-bond acceptors (Lipinski definition) is 4. The number of aromatic nitrogens is 1. The summed E-state index contributed by atoms with van der Waals surface area (Å²) < 4.78 is 18.0. The maximum atomic E-state index is 12.8. The van der Waals surface area contributed by atoms with E-state index in [1.165, 1.54) is 23.5 Å². The SMILES string of the molecule is O=C(c1cnc(C#Cc2ccc(F)cc2)s1)N1CCOCC1. The largest absolute Gasteiger partial charge is 0.378 e. The molecule has 2 heterocycles. The van der Waals surface area contributed by atoms with E-state index in [1.807, 2.05) is 0 Å². The lowest BCUT2D eigenvalue weighted by atomic mass is 10.2. The van der Waals surface area contributed by atoms with Gasteiger partial charge < -0.3 is 9.64 Å². The molecule has 0 saturated carbocycles. The van der Waals surface area contributed by atoms with Gasteiger partial charge in [-0.15, -0.1) is 11.3 Å². The summed E-state index contributed by atoms with van der Waals surface area (Å²) in [5.74, 6) is 5.48. The lowest BCUT2D eigenvalue weighted by Gasteiger charge is -2.26. The Kier molecular flexibility index (Phi) is 4.47. The second-order valence-corrected chi connectivity index (χ2v) is 5.72. The Morgan fingerprint density at radius 2 is 1.95 bits per heavy atom. The van der Waals surface area contributed by atoms with Crippen molar-refractivity contribution < 1.29 is 13.9 Å². The van der Waals surface area contributed by atoms with Gasteiger partial charge in [-0.25, -0.2) is 9.37 Å². The topological polar surface area (TPSA) is 42.4 Å². The van der Waals surface area contributed by atoms with Gasteiger partial charge in [0.15, 0.2) is 5.01 Å². The first kappa shape index (κ1) is 14.7. The highest BCUT2D eigenvalue weighted by atomic mass is 32.1. The first-order chi connectivity index (χ1) is 10.7. The number of rotatable bonds is 1. The van der Waals surface area contributed by atoms with Crippen molar-refractivity contribution in [1.82, 2.24) is 9.88 Å². The Balaban J connectivity index is 1.71. The van der Waals surface area contributed by atoms with Crippen LogP contribution in [0.1, 0.15) is 20.2 Å². The van der Waals surface area contributed by atoms with Gasteiger partial charge in [-0.3, -0.25) is 4.79 Å². The molecule has 0 spiro atoms. The molecular weight excluding hydrogens is 303 g/mol. The van der Waals surface area contributed by atoms with E-state index in [2.05, 4.69) is 16.8 Å². The van der Waals surface area contributed by atoms with Crippen LogP contribution in [0.15, 0.2) is 30.5 Å². The summed E-state index contributed by atoms with van der Waals surface area (Å²) in [5.41, 5.74) is 0.706. The first-order valence-corrected chi connectivity index (χ1v) is 7.64. The molecule has 22 heavy (non-hydrogen) atoms. The molecule has 0 radical (unpaired) electrons. The van der Waals surface area contributed by atoms with E-state index in [0.29, 0.717) is 41.8 Å². The van der Waals surface area contributed by atoms with Crippen molar-refractivity contribution in [2.75, 3.05) is 26.3 Å². The minimum atomic E-state index is -0.293. The maximum absolute atomic E-state index is 12.8. The van der Waals surface area contributed by atoms with Crippen molar-refractivity contribution in [3.8, 4) is 11.8 Å². The van der Waals surface area contributed by atoms with E-state index < -0.39 is 0 Å². The van der Waals surface area contributed by atoms with Gasteiger partial charge in [-0.1, -0.05) is 5.92 Å². The number of ether oxygens (including phenoxy) is 1. The minimum Gasteiger partial charge on any atom is -0.378 e. The molecule has 3 rings (SSSR count). The van der Waals surface area contributed by atoms with Gasteiger partial charge in [0.1, 0.15) is 10.7 Å². The molecule has 2 aromatic rings. The van der Waals surface area contributed by atoms with E-state index >= 15 is 0 Å². The van der Waals surface area contributed by atoms with Crippen LogP contribution in [0.5, 0.6) is 0 Å². The van der Waals surface area contributed by atoms with Crippen LogP contribution in [0.25, 0.3) is 0 Å². The van der Waals surface area contributed by atoms with E-state index in [1.54, 1.807) is 23.2 Å². The van der Waals surface area contributed by atoms with Crippen LogP contribution in [-0.4, -0.2) is 42.1 Å². The fourth-order valence-corrected chi connectivity index (χ4v) is 2.75. The van der Waals surface area contributed by atoms with Gasteiger partial charge in [-0.05, 0) is 30.2 Å². The van der Waals surface area contributed by atoms with Crippen LogP contribution >= 0.6 is 11.3 Å². The highest BCUT2D eigenvalue weighted by Gasteiger charge is 2.20. The molecule has 0 unspecified atom stereocenters. The molecule has 1 aromatic heterocycles. The molecule has 112 valence electrons. The number of halogens is 1. The lowest BCUT2D eigenvalue weighted by molar-refractivity contribution is 0.0306. The molecule has 1 saturated heterocycles. The van der Waals surface area contributed by atoms with Crippen molar-refractivity contribution >= 4 is 17.2 Å². The summed E-state index contributed by atoms with van der Waals surface area (Å²) in [5, 5.41) is 0.570. The third-order valence-corrected chi connectivity index (χ3v) is 4.07. The van der Waals surface area contributed by atoms with E-state index in [0.717, 1.165) is 0 Å². The van der Waals surface area contributed by atoms with E-state index in [9.17, 15) is 9.18 Å². The summed E-state index contributed by atoms with van der Waals surface area (Å²) in [6, 6.07) is 5.93. The molecule has 0 bridgehead atoms. The summed E-state index contributed by atoms with van der Waals surface area (Å²) in [6.45, 7) is 2.35. The number of carbonyl (C=O) groups is 1. The summed E-state index contributed by atoms with van der Waals surface area (Å²) in [4.78, 5) is 18.8. The molecule has 0 aliphatic carbocycles. The Morgan fingerprint density at radius 3 is 2.68 bits per heavy atom. The standard InChI is InChI=1S/C16H13FN2O2S/c17-13-4-1-12(2-5-13)3-6-15-18-11-14(22-15)16(20)19-7-9-21-10-8-19/h1-2,4-5,11H,7-10H2. The molecule has 1 amide bonds. The average Bonchev–Trinajstić information content (AvgIpc) is 3.03. The van der Waals surface area contributed by atoms with Gasteiger partial charge in [0.2, 0.25) is 0 Å². The number of morpholine rings is 1. The molecular formula is C16H13FN2O2S. The molecule has 6 heteroatoms.